The number of rotatable bonds is 3. The maximum atomic E-state index is 2.81. The lowest BCUT2D eigenvalue weighted by Gasteiger charge is -2.50. The first kappa shape index (κ1) is 13.9. The molecule has 1 saturated heterocycles. The Hall–Kier alpha value is -1.02. The summed E-state index contributed by atoms with van der Waals surface area (Å²) in [6.07, 6.45) is 8.51. The molecule has 0 aromatic heterocycles. The monoisotopic (exact) mass is 272 g/mol. The first-order valence-corrected chi connectivity index (χ1v) is 8.39. The van der Waals surface area contributed by atoms with Crippen LogP contribution in [-0.4, -0.2) is 36.6 Å². The second-order valence-electron chi connectivity index (χ2n) is 6.45. The van der Waals surface area contributed by atoms with Gasteiger partial charge in [-0.05, 0) is 31.4 Å². The number of piperazine rings is 1. The Balaban J connectivity index is 1.63. The third-order valence-electron chi connectivity index (χ3n) is 5.51. The van der Waals surface area contributed by atoms with Gasteiger partial charge in [-0.1, -0.05) is 44.4 Å². The number of anilines is 1. The van der Waals surface area contributed by atoms with E-state index in [1.54, 1.807) is 0 Å². The van der Waals surface area contributed by atoms with Crippen LogP contribution >= 0.6 is 0 Å². The molecule has 1 aromatic carbocycles. The quantitative estimate of drug-likeness (QED) is 0.823. The van der Waals surface area contributed by atoms with E-state index in [0.717, 1.165) is 0 Å². The molecule has 2 nitrogen and oxygen atoms in total. The van der Waals surface area contributed by atoms with E-state index in [2.05, 4.69) is 47.1 Å². The van der Waals surface area contributed by atoms with Crippen LogP contribution in [0.2, 0.25) is 0 Å². The Morgan fingerprint density at radius 1 is 0.900 bits per heavy atom. The van der Waals surface area contributed by atoms with Gasteiger partial charge in [0.05, 0.1) is 0 Å². The Kier molecular flexibility index (Phi) is 4.30. The number of nitrogens with zero attached hydrogens (tertiary/aromatic N) is 2. The SMILES string of the molecule is CCC1(N2CCN(c3ccccc3)CC2)CCCCC1. The highest BCUT2D eigenvalue weighted by Crippen LogP contribution is 2.37. The van der Waals surface area contributed by atoms with E-state index in [9.17, 15) is 0 Å². The lowest BCUT2D eigenvalue weighted by molar-refractivity contribution is 0.0412. The first-order valence-electron chi connectivity index (χ1n) is 8.39. The van der Waals surface area contributed by atoms with E-state index in [-0.39, 0.29) is 0 Å². The largest absolute Gasteiger partial charge is 0.369 e. The van der Waals surface area contributed by atoms with Crippen molar-refractivity contribution in [3.8, 4) is 0 Å². The summed E-state index contributed by atoms with van der Waals surface area (Å²) in [6, 6.07) is 10.9. The second-order valence-corrected chi connectivity index (χ2v) is 6.45. The van der Waals surface area contributed by atoms with Gasteiger partial charge < -0.3 is 4.90 Å². The van der Waals surface area contributed by atoms with E-state index in [4.69, 9.17) is 0 Å². The van der Waals surface area contributed by atoms with Crippen LogP contribution in [-0.2, 0) is 0 Å². The molecule has 20 heavy (non-hydrogen) atoms. The topological polar surface area (TPSA) is 6.48 Å². The van der Waals surface area contributed by atoms with Gasteiger partial charge in [-0.25, -0.2) is 0 Å². The van der Waals surface area contributed by atoms with Gasteiger partial charge in [0.25, 0.3) is 0 Å². The van der Waals surface area contributed by atoms with Gasteiger partial charge >= 0.3 is 0 Å². The number of hydrogen-bond donors (Lipinski definition) is 0. The molecule has 3 rings (SSSR count). The van der Waals surface area contributed by atoms with Crippen molar-refractivity contribution < 1.29 is 0 Å². The van der Waals surface area contributed by atoms with Gasteiger partial charge in [0.1, 0.15) is 0 Å². The molecule has 0 bridgehead atoms. The smallest absolute Gasteiger partial charge is 0.0367 e. The molecule has 1 aliphatic heterocycles. The number of para-hydroxylation sites is 1. The van der Waals surface area contributed by atoms with Crippen LogP contribution in [0.25, 0.3) is 0 Å². The highest BCUT2D eigenvalue weighted by Gasteiger charge is 2.37. The van der Waals surface area contributed by atoms with Crippen LogP contribution in [0, 0.1) is 0 Å². The van der Waals surface area contributed by atoms with Crippen LogP contribution in [0.5, 0.6) is 0 Å². The average molecular weight is 272 g/mol. The summed E-state index contributed by atoms with van der Waals surface area (Å²) >= 11 is 0. The Morgan fingerprint density at radius 2 is 1.55 bits per heavy atom. The van der Waals surface area contributed by atoms with Crippen molar-refractivity contribution in [3.05, 3.63) is 30.3 Å². The molecular formula is C18H28N2. The van der Waals surface area contributed by atoms with Crippen molar-refractivity contribution in [2.24, 2.45) is 0 Å². The first-order chi connectivity index (χ1) is 9.84. The highest BCUT2D eigenvalue weighted by atomic mass is 15.3. The second kappa shape index (κ2) is 6.17. The molecule has 0 N–H and O–H groups in total. The van der Waals surface area contributed by atoms with Crippen molar-refractivity contribution >= 4 is 5.69 Å². The molecule has 0 atom stereocenters. The summed E-state index contributed by atoms with van der Waals surface area (Å²) in [5.41, 5.74) is 1.92. The summed E-state index contributed by atoms with van der Waals surface area (Å²) in [5.74, 6) is 0. The van der Waals surface area contributed by atoms with Crippen molar-refractivity contribution in [2.75, 3.05) is 31.1 Å². The van der Waals surface area contributed by atoms with Gasteiger partial charge in [-0.15, -0.1) is 0 Å². The van der Waals surface area contributed by atoms with Crippen molar-refractivity contribution in [1.82, 2.24) is 4.90 Å². The highest BCUT2D eigenvalue weighted by molar-refractivity contribution is 5.46. The van der Waals surface area contributed by atoms with E-state index < -0.39 is 0 Å². The zero-order valence-corrected chi connectivity index (χ0v) is 12.9. The van der Waals surface area contributed by atoms with Gasteiger partial charge in [0.15, 0.2) is 0 Å². The zero-order chi connectivity index (χ0) is 13.8. The summed E-state index contributed by atoms with van der Waals surface area (Å²) in [5, 5.41) is 0. The number of benzene rings is 1. The van der Waals surface area contributed by atoms with E-state index in [1.165, 1.54) is 70.4 Å². The minimum Gasteiger partial charge on any atom is -0.369 e. The maximum Gasteiger partial charge on any atom is 0.0367 e. The molecule has 2 aliphatic rings. The minimum atomic E-state index is 0.529. The molecule has 1 aromatic rings. The van der Waals surface area contributed by atoms with Crippen LogP contribution in [0.4, 0.5) is 5.69 Å². The molecule has 110 valence electrons. The molecule has 1 aliphatic carbocycles. The van der Waals surface area contributed by atoms with Crippen LogP contribution in [0.15, 0.2) is 30.3 Å². The van der Waals surface area contributed by atoms with E-state index in [0.29, 0.717) is 5.54 Å². The lowest BCUT2D eigenvalue weighted by atomic mass is 9.78. The fourth-order valence-electron chi connectivity index (χ4n) is 4.18. The van der Waals surface area contributed by atoms with E-state index >= 15 is 0 Å². The predicted octanol–water partition coefficient (Wildman–Crippen LogP) is 3.92. The molecule has 1 saturated carbocycles. The fraction of sp³-hybridized carbons (Fsp3) is 0.667. The average Bonchev–Trinajstić information content (AvgIpc) is 2.56. The van der Waals surface area contributed by atoms with E-state index in [1.807, 2.05) is 0 Å². The molecule has 0 amide bonds. The maximum absolute atomic E-state index is 2.81. The summed E-state index contributed by atoms with van der Waals surface area (Å²) in [7, 11) is 0. The zero-order valence-electron chi connectivity index (χ0n) is 12.9. The van der Waals surface area contributed by atoms with Crippen LogP contribution in [0.1, 0.15) is 45.4 Å². The molecule has 0 spiro atoms. The van der Waals surface area contributed by atoms with Gasteiger partial charge in [-0.3, -0.25) is 4.90 Å². The summed E-state index contributed by atoms with van der Waals surface area (Å²) in [4.78, 5) is 5.36. The summed E-state index contributed by atoms with van der Waals surface area (Å²) in [6.45, 7) is 7.25. The molecule has 0 radical (unpaired) electrons. The Bertz CT molecular complexity index is 401. The minimum absolute atomic E-state index is 0.529. The van der Waals surface area contributed by atoms with Crippen LogP contribution < -0.4 is 4.90 Å². The third kappa shape index (κ3) is 2.71. The summed E-state index contributed by atoms with van der Waals surface area (Å²) < 4.78 is 0. The van der Waals surface area contributed by atoms with Gasteiger partial charge in [-0.2, -0.15) is 0 Å². The van der Waals surface area contributed by atoms with Crippen molar-refractivity contribution in [2.45, 2.75) is 51.0 Å². The molecule has 2 fully saturated rings. The molecular weight excluding hydrogens is 244 g/mol. The van der Waals surface area contributed by atoms with Crippen molar-refractivity contribution in [1.29, 1.82) is 0 Å². The van der Waals surface area contributed by atoms with Crippen molar-refractivity contribution in [3.63, 3.8) is 0 Å². The molecule has 1 heterocycles. The predicted molar refractivity (Wildman–Crippen MR) is 86.3 cm³/mol. The fourth-order valence-corrected chi connectivity index (χ4v) is 4.18. The third-order valence-corrected chi connectivity index (χ3v) is 5.51. The van der Waals surface area contributed by atoms with Gasteiger partial charge in [0, 0.05) is 37.4 Å². The Labute approximate surface area is 123 Å². The Morgan fingerprint density at radius 3 is 2.15 bits per heavy atom. The van der Waals surface area contributed by atoms with Crippen LogP contribution in [0.3, 0.4) is 0 Å². The normalized spacial score (nSPS) is 23.8. The number of hydrogen-bond acceptors (Lipinski definition) is 2. The lowest BCUT2D eigenvalue weighted by Crippen LogP contribution is -2.57. The molecule has 2 heteroatoms. The molecule has 0 unspecified atom stereocenters. The van der Waals surface area contributed by atoms with Gasteiger partial charge in [0.2, 0.25) is 0 Å². The standard InChI is InChI=1S/C18H28N2/c1-2-18(11-7-4-8-12-18)20-15-13-19(14-16-20)17-9-5-3-6-10-17/h3,5-6,9-10H,2,4,7-8,11-16H2,1H3.